The molecule has 0 unspecified atom stereocenters. The van der Waals surface area contributed by atoms with Crippen molar-refractivity contribution in [3.05, 3.63) is 35.1 Å². The first-order valence-corrected chi connectivity index (χ1v) is 11.5. The number of halogens is 1. The molecule has 2 heterocycles. The second kappa shape index (κ2) is 8.35. The van der Waals surface area contributed by atoms with Gasteiger partial charge in [-0.1, -0.05) is 19.9 Å². The average molecular weight is 402 g/mol. The highest BCUT2D eigenvalue weighted by molar-refractivity contribution is 5.90. The lowest BCUT2D eigenvalue weighted by molar-refractivity contribution is -0.142. The standard InChI is InChI=1S/C24H36FN3O/c1-17(2)18-3-6-21(7-4-18)27-12-9-24(10-13-27)22-8-5-20(25)15-19(22)16-28(14-11-26)23(24)29/h5,8,15,17-18,21H,3-4,6-7,9-14,16,26H2,1-2H3. The summed E-state index contributed by atoms with van der Waals surface area (Å²) in [4.78, 5) is 18.0. The van der Waals surface area contributed by atoms with Gasteiger partial charge in [0.25, 0.3) is 0 Å². The number of carbonyl (C=O) groups excluding carboxylic acids is 1. The predicted octanol–water partition coefficient (Wildman–Crippen LogP) is 3.68. The molecule has 1 aromatic carbocycles. The third-order valence-electron chi connectivity index (χ3n) is 7.89. The van der Waals surface area contributed by atoms with Gasteiger partial charge in [-0.25, -0.2) is 4.39 Å². The molecular formula is C24H36FN3O. The van der Waals surface area contributed by atoms with Crippen LogP contribution >= 0.6 is 0 Å². The first kappa shape index (κ1) is 20.8. The quantitative estimate of drug-likeness (QED) is 0.837. The van der Waals surface area contributed by atoms with Gasteiger partial charge < -0.3 is 15.5 Å². The van der Waals surface area contributed by atoms with Gasteiger partial charge in [0, 0.05) is 25.7 Å². The molecule has 2 aliphatic heterocycles. The first-order valence-electron chi connectivity index (χ1n) is 11.5. The zero-order chi connectivity index (χ0) is 20.6. The summed E-state index contributed by atoms with van der Waals surface area (Å²) in [7, 11) is 0. The number of nitrogens with two attached hydrogens (primary N) is 1. The number of fused-ring (bicyclic) bond motifs is 2. The molecule has 1 aromatic rings. The molecule has 2 fully saturated rings. The summed E-state index contributed by atoms with van der Waals surface area (Å²) in [5.74, 6) is 1.63. The van der Waals surface area contributed by atoms with Crippen LogP contribution in [0, 0.1) is 17.7 Å². The van der Waals surface area contributed by atoms with Crippen LogP contribution in [-0.4, -0.2) is 47.9 Å². The molecule has 1 aliphatic carbocycles. The molecule has 4 nitrogen and oxygen atoms in total. The molecule has 2 N–H and O–H groups in total. The number of nitrogens with zero attached hydrogens (tertiary/aromatic N) is 2. The smallest absolute Gasteiger partial charge is 0.233 e. The summed E-state index contributed by atoms with van der Waals surface area (Å²) >= 11 is 0. The van der Waals surface area contributed by atoms with E-state index < -0.39 is 5.41 Å². The number of hydrogen-bond donors (Lipinski definition) is 1. The van der Waals surface area contributed by atoms with E-state index in [-0.39, 0.29) is 11.7 Å². The number of rotatable bonds is 4. The topological polar surface area (TPSA) is 49.6 Å². The van der Waals surface area contributed by atoms with Crippen LogP contribution in [0.15, 0.2) is 18.2 Å². The maximum Gasteiger partial charge on any atom is 0.233 e. The Hall–Kier alpha value is -1.46. The molecule has 0 radical (unpaired) electrons. The molecule has 1 saturated carbocycles. The fraction of sp³-hybridized carbons (Fsp3) is 0.708. The zero-order valence-electron chi connectivity index (χ0n) is 18.0. The van der Waals surface area contributed by atoms with Crippen molar-refractivity contribution in [2.45, 2.75) is 70.4 Å². The Morgan fingerprint density at radius 3 is 2.48 bits per heavy atom. The zero-order valence-corrected chi connectivity index (χ0v) is 18.0. The van der Waals surface area contributed by atoms with Crippen molar-refractivity contribution in [1.82, 2.24) is 9.80 Å². The summed E-state index contributed by atoms with van der Waals surface area (Å²) in [6.45, 7) is 8.06. The molecule has 4 rings (SSSR count). The van der Waals surface area contributed by atoms with Crippen LogP contribution in [0.1, 0.15) is 63.5 Å². The molecule has 0 aromatic heterocycles. The van der Waals surface area contributed by atoms with Crippen molar-refractivity contribution in [1.29, 1.82) is 0 Å². The van der Waals surface area contributed by atoms with Crippen LogP contribution in [0.2, 0.25) is 0 Å². The summed E-state index contributed by atoms with van der Waals surface area (Å²) in [6, 6.07) is 5.67. The minimum Gasteiger partial charge on any atom is -0.336 e. The number of carbonyl (C=O) groups is 1. The van der Waals surface area contributed by atoms with Crippen molar-refractivity contribution < 1.29 is 9.18 Å². The Bertz CT molecular complexity index is 734. The largest absolute Gasteiger partial charge is 0.336 e. The van der Waals surface area contributed by atoms with Crippen molar-refractivity contribution in [3.63, 3.8) is 0 Å². The van der Waals surface area contributed by atoms with Crippen molar-refractivity contribution in [3.8, 4) is 0 Å². The molecule has 160 valence electrons. The van der Waals surface area contributed by atoms with E-state index in [4.69, 9.17) is 5.73 Å². The summed E-state index contributed by atoms with van der Waals surface area (Å²) in [5, 5.41) is 0. The fourth-order valence-electron chi connectivity index (χ4n) is 6.08. The molecule has 5 heteroatoms. The van der Waals surface area contributed by atoms with Crippen LogP contribution in [0.25, 0.3) is 0 Å². The summed E-state index contributed by atoms with van der Waals surface area (Å²) in [5.41, 5.74) is 7.29. The van der Waals surface area contributed by atoms with Crippen molar-refractivity contribution >= 4 is 5.91 Å². The number of likely N-dealkylation sites (tertiary alicyclic amines) is 1. The van der Waals surface area contributed by atoms with Crippen LogP contribution in [0.5, 0.6) is 0 Å². The van der Waals surface area contributed by atoms with Crippen molar-refractivity contribution in [2.75, 3.05) is 26.2 Å². The molecule has 0 bridgehead atoms. The minimum absolute atomic E-state index is 0.199. The number of piperidine rings is 1. The predicted molar refractivity (Wildman–Crippen MR) is 114 cm³/mol. The van der Waals surface area contributed by atoms with Gasteiger partial charge in [0.2, 0.25) is 5.91 Å². The van der Waals surface area contributed by atoms with Gasteiger partial charge >= 0.3 is 0 Å². The first-order chi connectivity index (χ1) is 13.9. The monoisotopic (exact) mass is 401 g/mol. The molecule has 0 atom stereocenters. The fourth-order valence-corrected chi connectivity index (χ4v) is 6.08. The lowest BCUT2D eigenvalue weighted by Gasteiger charge is -2.49. The molecule has 1 spiro atoms. The second-order valence-electron chi connectivity index (χ2n) is 9.75. The Balaban J connectivity index is 1.51. The van der Waals surface area contributed by atoms with Crippen molar-refractivity contribution in [2.24, 2.45) is 17.6 Å². The Morgan fingerprint density at radius 2 is 1.86 bits per heavy atom. The van der Waals surface area contributed by atoms with E-state index in [1.165, 1.54) is 31.7 Å². The summed E-state index contributed by atoms with van der Waals surface area (Å²) in [6.07, 6.45) is 6.88. The van der Waals surface area contributed by atoms with E-state index in [0.29, 0.717) is 25.7 Å². The average Bonchev–Trinajstić information content (AvgIpc) is 2.72. The second-order valence-corrected chi connectivity index (χ2v) is 9.75. The molecule has 3 aliphatic rings. The normalized spacial score (nSPS) is 27.5. The Morgan fingerprint density at radius 1 is 1.17 bits per heavy atom. The van der Waals surface area contributed by atoms with Gasteiger partial charge in [0.05, 0.1) is 5.41 Å². The van der Waals surface area contributed by atoms with E-state index in [0.717, 1.165) is 48.9 Å². The van der Waals surface area contributed by atoms with E-state index in [1.54, 1.807) is 6.07 Å². The molecule has 1 saturated heterocycles. The SMILES string of the molecule is CC(C)C1CCC(N2CCC3(CC2)C(=O)N(CCN)Cc2cc(F)ccc23)CC1. The van der Waals surface area contributed by atoms with Gasteiger partial charge in [0.15, 0.2) is 0 Å². The highest BCUT2D eigenvalue weighted by atomic mass is 19.1. The maximum atomic E-state index is 13.9. The van der Waals surface area contributed by atoms with E-state index in [2.05, 4.69) is 18.7 Å². The number of hydrogen-bond acceptors (Lipinski definition) is 3. The van der Waals surface area contributed by atoms with E-state index in [1.807, 2.05) is 11.0 Å². The third-order valence-corrected chi connectivity index (χ3v) is 7.89. The van der Waals surface area contributed by atoms with Crippen LogP contribution in [0.3, 0.4) is 0 Å². The van der Waals surface area contributed by atoms with Gasteiger partial charge in [-0.15, -0.1) is 0 Å². The molecular weight excluding hydrogens is 365 g/mol. The molecule has 1 amide bonds. The Kier molecular flexibility index (Phi) is 5.99. The third kappa shape index (κ3) is 3.84. The summed E-state index contributed by atoms with van der Waals surface area (Å²) < 4.78 is 13.9. The lowest BCUT2D eigenvalue weighted by Crippen LogP contribution is -2.57. The lowest BCUT2D eigenvalue weighted by atomic mass is 9.67. The highest BCUT2D eigenvalue weighted by Crippen LogP contribution is 2.44. The van der Waals surface area contributed by atoms with E-state index in [9.17, 15) is 9.18 Å². The maximum absolute atomic E-state index is 13.9. The minimum atomic E-state index is -0.498. The van der Waals surface area contributed by atoms with Crippen LogP contribution in [-0.2, 0) is 16.8 Å². The van der Waals surface area contributed by atoms with Gasteiger partial charge in [-0.05, 0) is 86.7 Å². The molecule has 29 heavy (non-hydrogen) atoms. The van der Waals surface area contributed by atoms with Crippen LogP contribution in [0.4, 0.5) is 4.39 Å². The van der Waals surface area contributed by atoms with Crippen LogP contribution < -0.4 is 5.73 Å². The van der Waals surface area contributed by atoms with Gasteiger partial charge in [0.1, 0.15) is 5.82 Å². The van der Waals surface area contributed by atoms with Gasteiger partial charge in [-0.3, -0.25) is 4.79 Å². The highest BCUT2D eigenvalue weighted by Gasteiger charge is 2.49. The number of benzene rings is 1. The van der Waals surface area contributed by atoms with E-state index >= 15 is 0 Å². The van der Waals surface area contributed by atoms with Gasteiger partial charge in [-0.2, -0.15) is 0 Å². The Labute approximate surface area is 174 Å². The number of amides is 1.